The predicted molar refractivity (Wildman–Crippen MR) is 66.6 cm³/mol. The van der Waals surface area contributed by atoms with Crippen LogP contribution in [0, 0.1) is 0 Å². The first-order valence-electron chi connectivity index (χ1n) is 6.09. The van der Waals surface area contributed by atoms with Crippen molar-refractivity contribution in [3.63, 3.8) is 0 Å². The van der Waals surface area contributed by atoms with E-state index >= 15 is 0 Å². The molecule has 0 unspecified atom stereocenters. The zero-order chi connectivity index (χ0) is 14.4. The lowest BCUT2D eigenvalue weighted by molar-refractivity contribution is -0.142. The number of morpholine rings is 1. The van der Waals surface area contributed by atoms with Gasteiger partial charge in [0.15, 0.2) is 5.79 Å². The van der Waals surface area contributed by atoms with Gasteiger partial charge < -0.3 is 29.3 Å². The van der Waals surface area contributed by atoms with E-state index in [2.05, 4.69) is 9.84 Å². The molecule has 114 valence electrons. The zero-order valence-electron chi connectivity index (χ0n) is 11.2. The first kappa shape index (κ1) is 17.0. The summed E-state index contributed by atoms with van der Waals surface area (Å²) in [5, 5.41) is 3.16. The lowest BCUT2D eigenvalue weighted by atomic mass is 10.4. The van der Waals surface area contributed by atoms with E-state index in [0.717, 1.165) is 26.3 Å². The van der Waals surface area contributed by atoms with Gasteiger partial charge in [0, 0.05) is 13.1 Å². The average molecular weight is 299 g/mol. The van der Waals surface area contributed by atoms with Crippen molar-refractivity contribution in [1.29, 1.82) is 0 Å². The maximum atomic E-state index is 10.3. The number of rotatable bonds is 3. The fourth-order valence-corrected chi connectivity index (χ4v) is 1.90. The molecule has 2 saturated heterocycles. The molecule has 0 aliphatic carbocycles. The van der Waals surface area contributed by atoms with Crippen molar-refractivity contribution in [2.75, 3.05) is 39.5 Å². The molecule has 2 aliphatic heterocycles. The van der Waals surface area contributed by atoms with Crippen LogP contribution in [0.2, 0.25) is 0 Å². The second kappa shape index (κ2) is 7.66. The molecule has 19 heavy (non-hydrogen) atoms. The molecular weight excluding hydrogens is 277 g/mol. The van der Waals surface area contributed by atoms with Gasteiger partial charge in [0.2, 0.25) is 0 Å². The molecule has 2 fully saturated rings. The highest BCUT2D eigenvalue weighted by Gasteiger charge is 2.33. The molecule has 2 rings (SSSR count). The molecule has 0 radical (unpaired) electrons. The summed E-state index contributed by atoms with van der Waals surface area (Å²) >= 11 is 0. The van der Waals surface area contributed by atoms with Crippen LogP contribution in [0.4, 0.5) is 0 Å². The zero-order valence-corrected chi connectivity index (χ0v) is 12.1. The van der Waals surface area contributed by atoms with Gasteiger partial charge in [-0.3, -0.25) is 4.52 Å². The minimum Gasteiger partial charge on any atom is -0.379 e. The van der Waals surface area contributed by atoms with Crippen molar-refractivity contribution < 1.29 is 33.1 Å². The molecule has 0 amide bonds. The van der Waals surface area contributed by atoms with E-state index < -0.39 is 19.7 Å². The van der Waals surface area contributed by atoms with E-state index in [0.29, 0.717) is 0 Å². The number of phosphoric acid groups is 1. The van der Waals surface area contributed by atoms with Crippen LogP contribution < -0.4 is 5.32 Å². The number of hydrogen-bond donors (Lipinski definition) is 3. The van der Waals surface area contributed by atoms with Gasteiger partial charge in [-0.1, -0.05) is 0 Å². The molecule has 3 N–H and O–H groups in total. The minimum absolute atomic E-state index is 0.159. The standard InChI is InChI=1S/C6H13O6P.C4H9NO/c1-6(2)10-3-5(12-6)4-11-13(7,8)9;1-3-6-4-2-5-1/h5H,3-4H2,1-2H3,(H2,7,8,9);5H,1-4H2/t5-;/m1./s1. The van der Waals surface area contributed by atoms with Crippen molar-refractivity contribution in [3.05, 3.63) is 0 Å². The lowest BCUT2D eigenvalue weighted by Crippen LogP contribution is -2.30. The summed E-state index contributed by atoms with van der Waals surface area (Å²) in [5.74, 6) is -0.692. The third kappa shape index (κ3) is 8.67. The van der Waals surface area contributed by atoms with Crippen molar-refractivity contribution in [3.8, 4) is 0 Å². The van der Waals surface area contributed by atoms with E-state index in [1.807, 2.05) is 0 Å². The second-order valence-electron chi connectivity index (χ2n) is 4.60. The van der Waals surface area contributed by atoms with Crippen LogP contribution in [0.1, 0.15) is 13.8 Å². The second-order valence-corrected chi connectivity index (χ2v) is 5.84. The normalized spacial score (nSPS) is 26.6. The Kier molecular flexibility index (Phi) is 6.85. The van der Waals surface area contributed by atoms with Crippen molar-refractivity contribution in [2.45, 2.75) is 25.7 Å². The number of hydrogen-bond acceptors (Lipinski definition) is 6. The monoisotopic (exact) mass is 299 g/mol. The van der Waals surface area contributed by atoms with E-state index in [-0.39, 0.29) is 13.2 Å². The highest BCUT2D eigenvalue weighted by atomic mass is 31.2. The third-order valence-corrected chi connectivity index (χ3v) is 2.83. The molecule has 0 aromatic heterocycles. The van der Waals surface area contributed by atoms with Crippen LogP contribution in [0.15, 0.2) is 0 Å². The summed E-state index contributed by atoms with van der Waals surface area (Å²) in [4.78, 5) is 16.8. The first-order chi connectivity index (χ1) is 8.79. The van der Waals surface area contributed by atoms with Crippen LogP contribution >= 0.6 is 7.82 Å². The maximum Gasteiger partial charge on any atom is 0.469 e. The van der Waals surface area contributed by atoms with Crippen LogP contribution in [-0.2, 0) is 23.3 Å². The van der Waals surface area contributed by atoms with Crippen LogP contribution in [0.5, 0.6) is 0 Å². The summed E-state index contributed by atoms with van der Waals surface area (Å²) in [6, 6.07) is 0. The van der Waals surface area contributed by atoms with Gasteiger partial charge in [-0.15, -0.1) is 0 Å². The molecular formula is C10H22NO7P. The predicted octanol–water partition coefficient (Wildman–Crippen LogP) is -0.147. The fraction of sp³-hybridized carbons (Fsp3) is 1.00. The van der Waals surface area contributed by atoms with Crippen LogP contribution in [0.3, 0.4) is 0 Å². The van der Waals surface area contributed by atoms with Crippen LogP contribution in [-0.4, -0.2) is 61.2 Å². The number of ether oxygens (including phenoxy) is 3. The topological polar surface area (TPSA) is 106 Å². The van der Waals surface area contributed by atoms with E-state index in [1.165, 1.54) is 0 Å². The maximum absolute atomic E-state index is 10.3. The molecule has 0 spiro atoms. The fourth-order valence-electron chi connectivity index (χ4n) is 1.54. The summed E-state index contributed by atoms with van der Waals surface area (Å²) in [6.07, 6.45) is -0.414. The van der Waals surface area contributed by atoms with Gasteiger partial charge in [-0.2, -0.15) is 0 Å². The van der Waals surface area contributed by atoms with E-state index in [9.17, 15) is 4.57 Å². The van der Waals surface area contributed by atoms with Gasteiger partial charge >= 0.3 is 7.82 Å². The summed E-state index contributed by atoms with van der Waals surface area (Å²) in [7, 11) is -4.40. The van der Waals surface area contributed by atoms with Gasteiger partial charge in [-0.05, 0) is 13.8 Å². The number of nitrogens with one attached hydrogen (secondary N) is 1. The molecule has 9 heteroatoms. The van der Waals surface area contributed by atoms with Gasteiger partial charge in [0.25, 0.3) is 0 Å². The Labute approximate surface area is 112 Å². The summed E-state index contributed by atoms with van der Waals surface area (Å²) in [6.45, 7) is 7.41. The van der Waals surface area contributed by atoms with E-state index in [1.54, 1.807) is 13.8 Å². The van der Waals surface area contributed by atoms with Gasteiger partial charge in [-0.25, -0.2) is 4.57 Å². The number of phosphoric ester groups is 1. The smallest absolute Gasteiger partial charge is 0.379 e. The summed E-state index contributed by atoms with van der Waals surface area (Å²) < 4.78 is 30.0. The highest BCUT2D eigenvalue weighted by molar-refractivity contribution is 7.46. The lowest BCUT2D eigenvalue weighted by Gasteiger charge is -2.17. The quantitative estimate of drug-likeness (QED) is 0.618. The average Bonchev–Trinajstić information content (AvgIpc) is 2.69. The Balaban J connectivity index is 0.000000250. The molecule has 0 aromatic carbocycles. The Morgan fingerprint density at radius 2 is 2.00 bits per heavy atom. The molecule has 0 aromatic rings. The largest absolute Gasteiger partial charge is 0.469 e. The Bertz CT molecular complexity index is 291. The first-order valence-corrected chi connectivity index (χ1v) is 7.62. The van der Waals surface area contributed by atoms with Crippen molar-refractivity contribution >= 4 is 7.82 Å². The molecule has 8 nitrogen and oxygen atoms in total. The van der Waals surface area contributed by atoms with E-state index in [4.69, 9.17) is 24.0 Å². The molecule has 1 atom stereocenters. The molecule has 2 aliphatic rings. The van der Waals surface area contributed by atoms with Crippen molar-refractivity contribution in [2.24, 2.45) is 0 Å². The van der Waals surface area contributed by atoms with Crippen molar-refractivity contribution in [1.82, 2.24) is 5.32 Å². The highest BCUT2D eigenvalue weighted by Crippen LogP contribution is 2.36. The van der Waals surface area contributed by atoms with Gasteiger partial charge in [0.05, 0.1) is 26.4 Å². The molecule has 0 saturated carbocycles. The van der Waals surface area contributed by atoms with Gasteiger partial charge in [0.1, 0.15) is 6.10 Å². The Hall–Kier alpha value is -0.0500. The third-order valence-electron chi connectivity index (χ3n) is 2.34. The molecule has 2 heterocycles. The minimum atomic E-state index is -4.40. The van der Waals surface area contributed by atoms with Crippen LogP contribution in [0.25, 0.3) is 0 Å². The Morgan fingerprint density at radius 3 is 2.32 bits per heavy atom. The Morgan fingerprint density at radius 1 is 1.37 bits per heavy atom. The molecule has 0 bridgehead atoms. The SMILES string of the molecule is C1COCCN1.CC1(C)OC[C@H](COP(=O)(O)O)O1. The summed E-state index contributed by atoms with van der Waals surface area (Å²) in [5.41, 5.74) is 0.